The number of hydrogen-bond donors (Lipinski definition) is 1. The minimum absolute atomic E-state index is 0.0658. The summed E-state index contributed by atoms with van der Waals surface area (Å²) in [7, 11) is 0. The molecule has 1 unspecified atom stereocenters. The Morgan fingerprint density at radius 3 is 2.47 bits per heavy atom. The van der Waals surface area contributed by atoms with Crippen LogP contribution in [-0.4, -0.2) is 23.1 Å². The van der Waals surface area contributed by atoms with E-state index in [0.29, 0.717) is 5.56 Å². The van der Waals surface area contributed by atoms with Crippen molar-refractivity contribution in [3.05, 3.63) is 35.9 Å². The second-order valence-corrected chi connectivity index (χ2v) is 3.19. The summed E-state index contributed by atoms with van der Waals surface area (Å²) in [5.41, 5.74) is 0.568. The number of benzene rings is 1. The molecule has 0 aromatic heterocycles. The van der Waals surface area contributed by atoms with Gasteiger partial charge in [0.2, 0.25) is 0 Å². The van der Waals surface area contributed by atoms with Gasteiger partial charge in [0.15, 0.2) is 5.78 Å². The van der Waals surface area contributed by atoms with Gasteiger partial charge in [0, 0.05) is 12.0 Å². The Labute approximate surface area is 87.5 Å². The molecule has 4 heteroatoms. The monoisotopic (exact) mass is 208 g/mol. The summed E-state index contributed by atoms with van der Waals surface area (Å²) >= 11 is 0. The molecule has 4 nitrogen and oxygen atoms in total. The van der Waals surface area contributed by atoms with E-state index < -0.39 is 12.3 Å². The molecular formula is C11H12O4. The highest BCUT2D eigenvalue weighted by atomic mass is 16.7. The van der Waals surface area contributed by atoms with Crippen molar-refractivity contribution in [2.45, 2.75) is 19.4 Å². The fourth-order valence-electron chi connectivity index (χ4n) is 1.22. The lowest BCUT2D eigenvalue weighted by molar-refractivity contribution is 0.0531. The van der Waals surface area contributed by atoms with Crippen molar-refractivity contribution in [1.29, 1.82) is 0 Å². The maximum Gasteiger partial charge on any atom is 0.506 e. The maximum absolute atomic E-state index is 11.6. The van der Waals surface area contributed by atoms with Crippen molar-refractivity contribution >= 4 is 11.9 Å². The number of ketones is 1. The van der Waals surface area contributed by atoms with Gasteiger partial charge >= 0.3 is 6.16 Å². The molecule has 0 bridgehead atoms. The first-order chi connectivity index (χ1) is 7.09. The maximum atomic E-state index is 11.6. The Hall–Kier alpha value is -1.84. The van der Waals surface area contributed by atoms with Crippen molar-refractivity contribution < 1.29 is 19.4 Å². The van der Waals surface area contributed by atoms with Gasteiger partial charge in [-0.3, -0.25) is 4.79 Å². The largest absolute Gasteiger partial charge is 0.506 e. The smallest absolute Gasteiger partial charge is 0.450 e. The van der Waals surface area contributed by atoms with E-state index in [9.17, 15) is 9.59 Å². The number of rotatable bonds is 4. The zero-order valence-corrected chi connectivity index (χ0v) is 8.34. The molecule has 0 radical (unpaired) electrons. The highest BCUT2D eigenvalue weighted by molar-refractivity contribution is 5.96. The highest BCUT2D eigenvalue weighted by Crippen LogP contribution is 2.07. The van der Waals surface area contributed by atoms with Crippen LogP contribution in [0, 0.1) is 0 Å². The molecule has 0 saturated heterocycles. The zero-order chi connectivity index (χ0) is 11.3. The predicted octanol–water partition coefficient (Wildman–Crippen LogP) is 2.34. The molecule has 1 aromatic carbocycles. The van der Waals surface area contributed by atoms with Gasteiger partial charge in [-0.2, -0.15) is 0 Å². The molecule has 1 atom stereocenters. The van der Waals surface area contributed by atoms with Gasteiger partial charge in [-0.25, -0.2) is 4.79 Å². The van der Waals surface area contributed by atoms with Crippen molar-refractivity contribution in [3.8, 4) is 0 Å². The fourth-order valence-corrected chi connectivity index (χ4v) is 1.22. The molecule has 0 aliphatic rings. The fraction of sp³-hybridized carbons (Fsp3) is 0.273. The third-order valence-electron chi connectivity index (χ3n) is 1.87. The van der Waals surface area contributed by atoms with E-state index in [1.54, 1.807) is 31.2 Å². The van der Waals surface area contributed by atoms with Crippen molar-refractivity contribution in [2.24, 2.45) is 0 Å². The molecule has 0 amide bonds. The number of carbonyl (C=O) groups excluding carboxylic acids is 1. The van der Waals surface area contributed by atoms with E-state index in [0.717, 1.165) is 0 Å². The summed E-state index contributed by atoms with van der Waals surface area (Å²) < 4.78 is 4.44. The van der Waals surface area contributed by atoms with Crippen LogP contribution in [-0.2, 0) is 4.74 Å². The number of carboxylic acid groups (broad SMARTS) is 1. The lowest BCUT2D eigenvalue weighted by Gasteiger charge is -2.09. The van der Waals surface area contributed by atoms with Crippen LogP contribution in [0.25, 0.3) is 0 Å². The van der Waals surface area contributed by atoms with E-state index in [4.69, 9.17) is 5.11 Å². The molecule has 0 aliphatic carbocycles. The standard InChI is InChI=1S/C11H12O4/c1-8(15-11(13)14)7-10(12)9-5-3-2-4-6-9/h2-6,8H,7H2,1H3,(H,13,14). The first-order valence-corrected chi connectivity index (χ1v) is 4.57. The molecule has 1 aromatic rings. The van der Waals surface area contributed by atoms with Crippen LogP contribution >= 0.6 is 0 Å². The normalized spacial score (nSPS) is 11.8. The minimum atomic E-state index is -1.36. The van der Waals surface area contributed by atoms with Crippen LogP contribution in [0.2, 0.25) is 0 Å². The van der Waals surface area contributed by atoms with Crippen LogP contribution in [0.1, 0.15) is 23.7 Å². The van der Waals surface area contributed by atoms with E-state index in [1.165, 1.54) is 0 Å². The first-order valence-electron chi connectivity index (χ1n) is 4.57. The number of Topliss-reactive ketones (excluding diaryl/α,β-unsaturated/α-hetero) is 1. The van der Waals surface area contributed by atoms with Gasteiger partial charge in [-0.05, 0) is 6.92 Å². The summed E-state index contributed by atoms with van der Waals surface area (Å²) in [5, 5.41) is 8.33. The number of carbonyl (C=O) groups is 2. The summed E-state index contributed by atoms with van der Waals surface area (Å²) in [6, 6.07) is 8.71. The molecule has 0 heterocycles. The van der Waals surface area contributed by atoms with Crippen molar-refractivity contribution in [3.63, 3.8) is 0 Å². The summed E-state index contributed by atoms with van der Waals surface area (Å²) in [4.78, 5) is 21.8. The van der Waals surface area contributed by atoms with Gasteiger partial charge in [-0.1, -0.05) is 30.3 Å². The SMILES string of the molecule is CC(CC(=O)c1ccccc1)OC(=O)O. The lowest BCUT2D eigenvalue weighted by Crippen LogP contribution is -2.17. The minimum Gasteiger partial charge on any atom is -0.450 e. The molecule has 80 valence electrons. The lowest BCUT2D eigenvalue weighted by atomic mass is 10.1. The van der Waals surface area contributed by atoms with Crippen LogP contribution < -0.4 is 0 Å². The Balaban J connectivity index is 2.53. The van der Waals surface area contributed by atoms with E-state index in [-0.39, 0.29) is 12.2 Å². The van der Waals surface area contributed by atoms with Gasteiger partial charge in [0.1, 0.15) is 6.10 Å². The topological polar surface area (TPSA) is 63.6 Å². The zero-order valence-electron chi connectivity index (χ0n) is 8.34. The van der Waals surface area contributed by atoms with E-state index in [1.807, 2.05) is 6.07 Å². The summed E-state index contributed by atoms with van der Waals surface area (Å²) in [5.74, 6) is -0.121. The van der Waals surface area contributed by atoms with Crippen molar-refractivity contribution in [2.75, 3.05) is 0 Å². The third-order valence-corrected chi connectivity index (χ3v) is 1.87. The highest BCUT2D eigenvalue weighted by Gasteiger charge is 2.13. The Kier molecular flexibility index (Phi) is 3.85. The average Bonchev–Trinajstić information content (AvgIpc) is 2.17. The van der Waals surface area contributed by atoms with Gasteiger partial charge < -0.3 is 9.84 Å². The molecule has 0 saturated carbocycles. The van der Waals surface area contributed by atoms with Gasteiger partial charge in [-0.15, -0.1) is 0 Å². The Morgan fingerprint density at radius 1 is 1.33 bits per heavy atom. The average molecular weight is 208 g/mol. The van der Waals surface area contributed by atoms with E-state index in [2.05, 4.69) is 4.74 Å². The third kappa shape index (κ3) is 3.81. The second kappa shape index (κ2) is 5.14. The van der Waals surface area contributed by atoms with Gasteiger partial charge in [0.25, 0.3) is 0 Å². The molecule has 0 spiro atoms. The predicted molar refractivity (Wildman–Crippen MR) is 54.0 cm³/mol. The summed E-state index contributed by atoms with van der Waals surface area (Å²) in [6.45, 7) is 1.55. The molecule has 0 aliphatic heterocycles. The molecule has 1 rings (SSSR count). The van der Waals surface area contributed by atoms with Crippen LogP contribution in [0.5, 0.6) is 0 Å². The van der Waals surface area contributed by atoms with E-state index >= 15 is 0 Å². The van der Waals surface area contributed by atoms with Crippen molar-refractivity contribution in [1.82, 2.24) is 0 Å². The first kappa shape index (κ1) is 11.2. The quantitative estimate of drug-likeness (QED) is 0.609. The number of ether oxygens (including phenoxy) is 1. The molecule has 1 N–H and O–H groups in total. The van der Waals surface area contributed by atoms with Gasteiger partial charge in [0.05, 0.1) is 0 Å². The van der Waals surface area contributed by atoms with Crippen LogP contribution in [0.4, 0.5) is 4.79 Å². The molecular weight excluding hydrogens is 196 g/mol. The van der Waals surface area contributed by atoms with Crippen LogP contribution in [0.15, 0.2) is 30.3 Å². The Bertz CT molecular complexity index is 345. The molecule has 15 heavy (non-hydrogen) atoms. The number of hydrogen-bond acceptors (Lipinski definition) is 3. The Morgan fingerprint density at radius 2 is 1.93 bits per heavy atom. The van der Waals surface area contributed by atoms with Crippen LogP contribution in [0.3, 0.4) is 0 Å². The summed E-state index contributed by atoms with van der Waals surface area (Å²) in [6.07, 6.45) is -1.91. The molecule has 0 fully saturated rings. The second-order valence-electron chi connectivity index (χ2n) is 3.19.